The molecule has 0 bridgehead atoms. The summed E-state index contributed by atoms with van der Waals surface area (Å²) in [6, 6.07) is 1.05. The van der Waals surface area contributed by atoms with Gasteiger partial charge in [-0.2, -0.15) is 0 Å². The van der Waals surface area contributed by atoms with E-state index >= 15 is 0 Å². The van der Waals surface area contributed by atoms with Crippen LogP contribution in [-0.2, 0) is 16.5 Å². The third-order valence-electron chi connectivity index (χ3n) is 3.21. The first-order chi connectivity index (χ1) is 9.93. The number of hydrogen-bond acceptors (Lipinski definition) is 4. The molecule has 1 aliphatic heterocycles. The first-order valence-corrected chi connectivity index (χ1v) is 11.7. The van der Waals surface area contributed by atoms with E-state index in [1.165, 1.54) is 64.2 Å². The van der Waals surface area contributed by atoms with Crippen LogP contribution >= 0.6 is 0 Å². The second-order valence-electron chi connectivity index (χ2n) is 4.96. The van der Waals surface area contributed by atoms with Gasteiger partial charge in [-0.05, 0) is 6.04 Å². The van der Waals surface area contributed by atoms with Gasteiger partial charge in [0.15, 0.2) is 0 Å². The fourth-order valence-corrected chi connectivity index (χ4v) is 6.61. The highest BCUT2D eigenvalue weighted by Gasteiger charge is 2.19. The van der Waals surface area contributed by atoms with E-state index in [1.54, 1.807) is 0 Å². The smallest absolute Gasteiger partial charge is 0.412 e. The van der Waals surface area contributed by atoms with Gasteiger partial charge in [0, 0.05) is 0 Å². The molecule has 0 atom stereocenters. The quantitative estimate of drug-likeness (QED) is 0.426. The lowest BCUT2D eigenvalue weighted by Crippen LogP contribution is -2.33. The van der Waals surface area contributed by atoms with Crippen molar-refractivity contribution in [3.05, 3.63) is 0 Å². The zero-order valence-electron chi connectivity index (χ0n) is 12.4. The summed E-state index contributed by atoms with van der Waals surface area (Å²) in [7, 11) is -0.874. The lowest BCUT2D eigenvalue weighted by atomic mass is 10.1. The molecule has 0 saturated carbocycles. The van der Waals surface area contributed by atoms with E-state index in [4.69, 9.17) is 16.5 Å². The topological polar surface area (TPSA) is 36.9 Å². The molecule has 113 valence electrons. The van der Waals surface area contributed by atoms with Crippen molar-refractivity contribution in [1.82, 2.24) is 0 Å². The van der Waals surface area contributed by atoms with E-state index in [2.05, 4.69) is 6.92 Å². The zero-order chi connectivity index (χ0) is 14.3. The molecule has 1 fully saturated rings. The van der Waals surface area contributed by atoms with Gasteiger partial charge in [0.25, 0.3) is 0 Å². The summed E-state index contributed by atoms with van der Waals surface area (Å²) in [5.74, 6) is 0. The summed E-state index contributed by atoms with van der Waals surface area (Å²) in [5, 5.41) is 0. The first-order valence-electron chi connectivity index (χ1n) is 7.69. The fraction of sp³-hybridized carbons (Fsp3) is 1.00. The summed E-state index contributed by atoms with van der Waals surface area (Å²) in [6.45, 7) is 2.27. The predicted octanol–water partition coefficient (Wildman–Crippen LogP) is 3.08. The van der Waals surface area contributed by atoms with Crippen molar-refractivity contribution in [1.29, 1.82) is 0 Å². The minimum atomic E-state index is -1.13. The molecule has 4 nitrogen and oxygen atoms in total. The monoisotopic (exact) mass is 345 g/mol. The molecule has 20 heavy (non-hydrogen) atoms. The van der Waals surface area contributed by atoms with Crippen LogP contribution in [0.2, 0.25) is 6.04 Å². The third-order valence-corrected chi connectivity index (χ3v) is 7.80. The van der Waals surface area contributed by atoms with Crippen LogP contribution in [0.3, 0.4) is 0 Å². The van der Waals surface area contributed by atoms with Crippen LogP contribution < -0.4 is 0 Å². The van der Waals surface area contributed by atoms with Crippen LogP contribution in [0.25, 0.3) is 0 Å². The van der Waals surface area contributed by atoms with Gasteiger partial charge in [-0.1, -0.05) is 71.1 Å². The van der Waals surface area contributed by atoms with Crippen molar-refractivity contribution in [3.63, 3.8) is 0 Å². The largest absolute Gasteiger partial charge is 0.413 e. The van der Waals surface area contributed by atoms with E-state index in [0.717, 1.165) is 6.04 Å². The minimum absolute atomic E-state index is 0.0724. The molecule has 0 spiro atoms. The molecule has 0 aromatic carbocycles. The maximum atomic E-state index is 5.58. The molecule has 1 rings (SSSR count). The fourth-order valence-electron chi connectivity index (χ4n) is 2.07. The second-order valence-corrected chi connectivity index (χ2v) is 9.97. The molecule has 1 heterocycles. The van der Waals surface area contributed by atoms with E-state index < -0.39 is 9.28 Å². The van der Waals surface area contributed by atoms with Gasteiger partial charge in [0.1, 0.15) is 0 Å². The molecule has 7 radical (unpaired) electrons. The van der Waals surface area contributed by atoms with E-state index in [1.807, 2.05) is 0 Å². The summed E-state index contributed by atoms with van der Waals surface area (Å²) < 4.78 is 21.5. The second kappa shape index (κ2) is 14.6. The van der Waals surface area contributed by atoms with Crippen LogP contribution in [0.1, 0.15) is 71.1 Å². The van der Waals surface area contributed by atoms with Gasteiger partial charge in [-0.15, -0.1) is 0 Å². The summed E-state index contributed by atoms with van der Waals surface area (Å²) in [6.07, 6.45) is 13.6. The Bertz CT molecular complexity index is 204. The van der Waals surface area contributed by atoms with E-state index in [-0.39, 0.29) is 30.0 Å². The Morgan fingerprint density at radius 3 is 1.70 bits per heavy atom. The van der Waals surface area contributed by atoms with Crippen LogP contribution in [0.4, 0.5) is 0 Å². The average Bonchev–Trinajstić information content (AvgIpc) is 2.42. The Hall–Kier alpha value is 0.708. The maximum Gasteiger partial charge on any atom is 0.412 e. The maximum absolute atomic E-state index is 5.58. The molecular weight excluding hydrogens is 320 g/mol. The summed E-state index contributed by atoms with van der Waals surface area (Å²) in [4.78, 5) is 0. The molecule has 0 aromatic heterocycles. The molecule has 0 unspecified atom stereocenters. The lowest BCUT2D eigenvalue weighted by Gasteiger charge is -2.16. The van der Waals surface area contributed by atoms with Crippen molar-refractivity contribution < 1.29 is 16.5 Å². The van der Waals surface area contributed by atoms with Gasteiger partial charge in [0.05, 0.1) is 0 Å². The normalized spacial score (nSPS) is 17.9. The highest BCUT2D eigenvalue weighted by Crippen LogP contribution is 2.12. The number of unbranched alkanes of at least 4 members (excludes halogenated alkanes) is 9. The molecule has 0 N–H and O–H groups in total. The first kappa shape index (κ1) is 18.8. The van der Waals surface area contributed by atoms with E-state index in [9.17, 15) is 0 Å². The standard InChI is InChI=1S/C12H25O4Si4/c1-2-3-4-5-6-7-8-9-10-11-12-20-15-18-13-17-14-19-16-20/h2-12H2,1H3. The summed E-state index contributed by atoms with van der Waals surface area (Å²) >= 11 is 0. The van der Waals surface area contributed by atoms with Gasteiger partial charge < -0.3 is 16.5 Å². The molecule has 0 aromatic rings. The molecule has 1 saturated heterocycles. The van der Waals surface area contributed by atoms with Crippen molar-refractivity contribution in [2.45, 2.75) is 77.2 Å². The van der Waals surface area contributed by atoms with E-state index in [0.29, 0.717) is 0 Å². The SMILES string of the molecule is CCCCCCCCCCCC[Si]1O[Si]O[Si]O[Si]O1. The molecule has 0 amide bonds. The number of hydrogen-bond donors (Lipinski definition) is 0. The van der Waals surface area contributed by atoms with Gasteiger partial charge in [-0.3, -0.25) is 0 Å². The number of rotatable bonds is 11. The predicted molar refractivity (Wildman–Crippen MR) is 84.0 cm³/mol. The van der Waals surface area contributed by atoms with Gasteiger partial charge in [-0.25, -0.2) is 0 Å². The van der Waals surface area contributed by atoms with Crippen LogP contribution in [0.5, 0.6) is 0 Å². The van der Waals surface area contributed by atoms with Crippen molar-refractivity contribution in [2.24, 2.45) is 0 Å². The Morgan fingerprint density at radius 2 is 1.15 bits per heavy atom. The lowest BCUT2D eigenvalue weighted by molar-refractivity contribution is 0.327. The van der Waals surface area contributed by atoms with Crippen LogP contribution in [-0.4, -0.2) is 39.3 Å². The van der Waals surface area contributed by atoms with Crippen LogP contribution in [0, 0.1) is 0 Å². The molecular formula is C12H25O4Si4. The van der Waals surface area contributed by atoms with Crippen molar-refractivity contribution >= 4 is 39.3 Å². The third kappa shape index (κ3) is 11.4. The minimum Gasteiger partial charge on any atom is -0.413 e. The van der Waals surface area contributed by atoms with Gasteiger partial charge in [0.2, 0.25) is 0 Å². The van der Waals surface area contributed by atoms with Gasteiger partial charge >= 0.3 is 39.3 Å². The highest BCUT2D eigenvalue weighted by molar-refractivity contribution is 6.59. The Balaban J connectivity index is 1.81. The average molecular weight is 346 g/mol. The Morgan fingerprint density at radius 1 is 0.650 bits per heavy atom. The zero-order valence-corrected chi connectivity index (χ0v) is 16.4. The molecule has 8 heteroatoms. The van der Waals surface area contributed by atoms with Crippen molar-refractivity contribution in [3.8, 4) is 0 Å². The highest BCUT2D eigenvalue weighted by atomic mass is 28.4. The summed E-state index contributed by atoms with van der Waals surface area (Å²) in [5.41, 5.74) is 0. The van der Waals surface area contributed by atoms with Crippen molar-refractivity contribution in [2.75, 3.05) is 0 Å². The molecule has 1 aliphatic rings. The van der Waals surface area contributed by atoms with Crippen LogP contribution in [0.15, 0.2) is 0 Å². The Kier molecular flexibility index (Phi) is 13.7. The molecule has 0 aliphatic carbocycles. The Labute approximate surface area is 133 Å².